The van der Waals surface area contributed by atoms with Crippen molar-refractivity contribution in [2.75, 3.05) is 11.9 Å². The van der Waals surface area contributed by atoms with Crippen molar-refractivity contribution in [3.63, 3.8) is 0 Å². The van der Waals surface area contributed by atoms with Crippen LogP contribution in [0.1, 0.15) is 12.0 Å². The Morgan fingerprint density at radius 2 is 1.59 bits per heavy atom. The molecule has 0 unspecified atom stereocenters. The molecular formula is C17H17BrN2O2. The number of aryl methyl sites for hydroxylation is 1. The van der Waals surface area contributed by atoms with Crippen molar-refractivity contribution in [1.29, 1.82) is 0 Å². The lowest BCUT2D eigenvalue weighted by Crippen LogP contribution is -2.36. The van der Waals surface area contributed by atoms with E-state index in [9.17, 15) is 9.59 Å². The van der Waals surface area contributed by atoms with Crippen LogP contribution in [-0.2, 0) is 16.0 Å². The van der Waals surface area contributed by atoms with Gasteiger partial charge in [0.25, 0.3) is 0 Å². The second-order valence-corrected chi connectivity index (χ2v) is 5.63. The summed E-state index contributed by atoms with van der Waals surface area (Å²) >= 11 is 3.32. The predicted molar refractivity (Wildman–Crippen MR) is 90.5 cm³/mol. The lowest BCUT2D eigenvalue weighted by Gasteiger charge is -2.08. The third-order valence-corrected chi connectivity index (χ3v) is 3.79. The average molecular weight is 361 g/mol. The van der Waals surface area contributed by atoms with Crippen LogP contribution in [0.4, 0.5) is 5.69 Å². The third kappa shape index (κ3) is 5.00. The lowest BCUT2D eigenvalue weighted by molar-refractivity contribution is -0.136. The number of nitrogens with one attached hydrogen (secondary N) is 2. The molecular weight excluding hydrogens is 344 g/mol. The van der Waals surface area contributed by atoms with Crippen molar-refractivity contribution in [1.82, 2.24) is 5.32 Å². The molecule has 0 spiro atoms. The van der Waals surface area contributed by atoms with Gasteiger partial charge in [-0.1, -0.05) is 42.5 Å². The van der Waals surface area contributed by atoms with Gasteiger partial charge in [0.2, 0.25) is 0 Å². The molecule has 0 aliphatic carbocycles. The van der Waals surface area contributed by atoms with Crippen LogP contribution in [0.5, 0.6) is 0 Å². The lowest BCUT2D eigenvalue weighted by atomic mass is 10.1. The van der Waals surface area contributed by atoms with Crippen molar-refractivity contribution in [3.05, 3.63) is 64.6 Å². The van der Waals surface area contributed by atoms with Gasteiger partial charge in [-0.15, -0.1) is 0 Å². The first-order valence-corrected chi connectivity index (χ1v) is 7.84. The molecule has 0 heterocycles. The first-order chi connectivity index (χ1) is 10.7. The number of para-hydroxylation sites is 1. The van der Waals surface area contributed by atoms with Crippen LogP contribution >= 0.6 is 15.9 Å². The summed E-state index contributed by atoms with van der Waals surface area (Å²) in [6, 6.07) is 17.2. The average Bonchev–Trinajstić information content (AvgIpc) is 2.54. The van der Waals surface area contributed by atoms with E-state index in [1.807, 2.05) is 36.4 Å². The fourth-order valence-corrected chi connectivity index (χ4v) is 2.34. The molecule has 5 heteroatoms. The number of anilines is 1. The van der Waals surface area contributed by atoms with Gasteiger partial charge in [0, 0.05) is 11.0 Å². The van der Waals surface area contributed by atoms with Crippen LogP contribution in [0.3, 0.4) is 0 Å². The van der Waals surface area contributed by atoms with Crippen molar-refractivity contribution in [3.8, 4) is 0 Å². The van der Waals surface area contributed by atoms with Crippen LogP contribution in [0.15, 0.2) is 59.1 Å². The van der Waals surface area contributed by atoms with E-state index < -0.39 is 11.8 Å². The van der Waals surface area contributed by atoms with E-state index >= 15 is 0 Å². The van der Waals surface area contributed by atoms with E-state index in [4.69, 9.17) is 0 Å². The Bertz CT molecular complexity index is 644. The Hall–Kier alpha value is -2.14. The first-order valence-electron chi connectivity index (χ1n) is 7.04. The molecule has 4 nitrogen and oxygen atoms in total. The molecule has 2 N–H and O–H groups in total. The molecule has 0 bridgehead atoms. The van der Waals surface area contributed by atoms with E-state index in [0.717, 1.165) is 17.3 Å². The number of carbonyl (C=O) groups excluding carboxylic acids is 2. The molecule has 0 fully saturated rings. The van der Waals surface area contributed by atoms with Gasteiger partial charge in [-0.05, 0) is 46.5 Å². The maximum Gasteiger partial charge on any atom is 0.313 e. The summed E-state index contributed by atoms with van der Waals surface area (Å²) in [5.74, 6) is -1.28. The number of rotatable bonds is 5. The molecule has 0 aliphatic heterocycles. The van der Waals surface area contributed by atoms with Crippen LogP contribution in [0.2, 0.25) is 0 Å². The SMILES string of the molecule is O=C(NCCCc1ccccc1)C(=O)Nc1ccccc1Br. The fourth-order valence-electron chi connectivity index (χ4n) is 1.96. The highest BCUT2D eigenvalue weighted by atomic mass is 79.9. The minimum absolute atomic E-state index is 0.469. The predicted octanol–water partition coefficient (Wildman–Crippen LogP) is 3.14. The Balaban J connectivity index is 1.73. The van der Waals surface area contributed by atoms with E-state index in [-0.39, 0.29) is 0 Å². The minimum Gasteiger partial charge on any atom is -0.348 e. The Kier molecular flexibility index (Phi) is 6.15. The molecule has 0 aliphatic rings. The minimum atomic E-state index is -0.661. The fraction of sp³-hybridized carbons (Fsp3) is 0.176. The van der Waals surface area contributed by atoms with Crippen LogP contribution in [-0.4, -0.2) is 18.4 Å². The number of hydrogen-bond acceptors (Lipinski definition) is 2. The number of hydrogen-bond donors (Lipinski definition) is 2. The Morgan fingerprint density at radius 1 is 0.909 bits per heavy atom. The zero-order valence-corrected chi connectivity index (χ0v) is 13.6. The van der Waals surface area contributed by atoms with Crippen molar-refractivity contribution >= 4 is 33.4 Å². The molecule has 0 saturated carbocycles. The monoisotopic (exact) mass is 360 g/mol. The van der Waals surface area contributed by atoms with Gasteiger partial charge in [0.15, 0.2) is 0 Å². The smallest absolute Gasteiger partial charge is 0.313 e. The third-order valence-electron chi connectivity index (χ3n) is 3.10. The second kappa shape index (κ2) is 8.34. The van der Waals surface area contributed by atoms with E-state index in [1.54, 1.807) is 18.2 Å². The van der Waals surface area contributed by atoms with Crippen molar-refractivity contribution in [2.45, 2.75) is 12.8 Å². The summed E-state index contributed by atoms with van der Waals surface area (Å²) in [5.41, 5.74) is 1.79. The van der Waals surface area contributed by atoms with Crippen molar-refractivity contribution in [2.24, 2.45) is 0 Å². The van der Waals surface area contributed by atoms with E-state index in [1.165, 1.54) is 5.56 Å². The summed E-state index contributed by atoms with van der Waals surface area (Å²) in [5, 5.41) is 5.20. The van der Waals surface area contributed by atoms with Gasteiger partial charge in [0.05, 0.1) is 5.69 Å². The van der Waals surface area contributed by atoms with Gasteiger partial charge in [-0.25, -0.2) is 0 Å². The van der Waals surface area contributed by atoms with E-state index in [2.05, 4.69) is 26.6 Å². The Labute approximate surface area is 138 Å². The van der Waals surface area contributed by atoms with Crippen molar-refractivity contribution < 1.29 is 9.59 Å². The van der Waals surface area contributed by atoms with Gasteiger partial charge < -0.3 is 10.6 Å². The van der Waals surface area contributed by atoms with Gasteiger partial charge in [-0.3, -0.25) is 9.59 Å². The highest BCUT2D eigenvalue weighted by molar-refractivity contribution is 9.10. The molecule has 2 aromatic rings. The standard InChI is InChI=1S/C17H17BrN2O2/c18-14-10-4-5-11-15(14)20-17(22)16(21)19-12-6-9-13-7-2-1-3-8-13/h1-5,7-8,10-11H,6,9,12H2,(H,19,21)(H,20,22). The molecule has 114 valence electrons. The highest BCUT2D eigenvalue weighted by Gasteiger charge is 2.13. The molecule has 0 radical (unpaired) electrons. The van der Waals surface area contributed by atoms with Gasteiger partial charge in [0.1, 0.15) is 0 Å². The summed E-state index contributed by atoms with van der Waals surface area (Å²) in [6.07, 6.45) is 1.66. The van der Waals surface area contributed by atoms with Gasteiger partial charge in [-0.2, -0.15) is 0 Å². The molecule has 2 rings (SSSR count). The normalized spacial score (nSPS) is 10.0. The maximum absolute atomic E-state index is 11.8. The molecule has 0 atom stereocenters. The van der Waals surface area contributed by atoms with Gasteiger partial charge >= 0.3 is 11.8 Å². The maximum atomic E-state index is 11.8. The largest absolute Gasteiger partial charge is 0.348 e. The van der Waals surface area contributed by atoms with Crippen LogP contribution in [0.25, 0.3) is 0 Å². The summed E-state index contributed by atoms with van der Waals surface area (Å²) in [4.78, 5) is 23.5. The van der Waals surface area contributed by atoms with Crippen LogP contribution in [0, 0.1) is 0 Å². The topological polar surface area (TPSA) is 58.2 Å². The summed E-state index contributed by atoms with van der Waals surface area (Å²) in [6.45, 7) is 0.469. The molecule has 2 amide bonds. The molecule has 0 saturated heterocycles. The molecule has 22 heavy (non-hydrogen) atoms. The zero-order valence-electron chi connectivity index (χ0n) is 12.0. The molecule has 0 aromatic heterocycles. The first kappa shape index (κ1) is 16.2. The highest BCUT2D eigenvalue weighted by Crippen LogP contribution is 2.20. The summed E-state index contributed by atoms with van der Waals surface area (Å²) in [7, 11) is 0. The Morgan fingerprint density at radius 3 is 2.32 bits per heavy atom. The second-order valence-electron chi connectivity index (χ2n) is 4.78. The molecule has 2 aromatic carbocycles. The number of benzene rings is 2. The number of carbonyl (C=O) groups is 2. The number of halogens is 1. The van der Waals surface area contributed by atoms with Crippen LogP contribution < -0.4 is 10.6 Å². The number of amides is 2. The quantitative estimate of drug-likeness (QED) is 0.635. The van der Waals surface area contributed by atoms with E-state index in [0.29, 0.717) is 12.2 Å². The summed E-state index contributed by atoms with van der Waals surface area (Å²) < 4.78 is 0.736. The zero-order chi connectivity index (χ0) is 15.8.